The molecule has 0 aliphatic heterocycles. The van der Waals surface area contributed by atoms with Crippen molar-refractivity contribution >= 4 is 11.6 Å². The molecule has 126 valence electrons. The zero-order valence-electron chi connectivity index (χ0n) is 13.8. The average molecular weight is 333 g/mol. The summed E-state index contributed by atoms with van der Waals surface area (Å²) in [6, 6.07) is 17.2. The van der Waals surface area contributed by atoms with Gasteiger partial charge in [0.15, 0.2) is 6.61 Å². The first-order valence-corrected chi connectivity index (χ1v) is 7.94. The number of nitrogens with zero attached hydrogens (tertiary/aromatic N) is 2. The normalized spacial score (nSPS) is 10.2. The van der Waals surface area contributed by atoms with E-state index in [1.807, 2.05) is 60.8 Å². The Morgan fingerprint density at radius 2 is 1.88 bits per heavy atom. The SMILES string of the molecule is C=C(c1ccccc1OCC(=O)NCc1ccccc1)n1ccnc1. The molecule has 0 fully saturated rings. The van der Waals surface area contributed by atoms with Crippen LogP contribution in [0.15, 0.2) is 79.9 Å². The van der Waals surface area contributed by atoms with Gasteiger partial charge in [-0.05, 0) is 17.7 Å². The molecule has 0 unspecified atom stereocenters. The highest BCUT2D eigenvalue weighted by molar-refractivity contribution is 5.78. The highest BCUT2D eigenvalue weighted by Gasteiger charge is 2.10. The molecule has 0 saturated heterocycles. The van der Waals surface area contributed by atoms with Crippen LogP contribution in [0.4, 0.5) is 0 Å². The first-order chi connectivity index (χ1) is 12.2. The molecule has 1 aromatic heterocycles. The van der Waals surface area contributed by atoms with Gasteiger partial charge in [0, 0.05) is 24.5 Å². The van der Waals surface area contributed by atoms with E-state index in [1.165, 1.54) is 0 Å². The summed E-state index contributed by atoms with van der Waals surface area (Å²) in [5, 5.41) is 2.84. The Morgan fingerprint density at radius 3 is 2.64 bits per heavy atom. The fourth-order valence-electron chi connectivity index (χ4n) is 2.38. The minimum Gasteiger partial charge on any atom is -0.483 e. The molecule has 25 heavy (non-hydrogen) atoms. The maximum atomic E-state index is 12.0. The van der Waals surface area contributed by atoms with E-state index in [-0.39, 0.29) is 12.5 Å². The van der Waals surface area contributed by atoms with Crippen molar-refractivity contribution in [2.24, 2.45) is 0 Å². The van der Waals surface area contributed by atoms with Crippen molar-refractivity contribution in [1.29, 1.82) is 0 Å². The predicted octanol–water partition coefficient (Wildman–Crippen LogP) is 3.10. The summed E-state index contributed by atoms with van der Waals surface area (Å²) in [6.45, 7) is 4.50. The number of ether oxygens (including phenoxy) is 1. The Kier molecular flexibility index (Phi) is 5.26. The standard InChI is InChI=1S/C20H19N3O2/c1-16(23-12-11-21-15-23)18-9-5-6-10-19(18)25-14-20(24)22-13-17-7-3-2-4-8-17/h2-12,15H,1,13-14H2,(H,22,24). The lowest BCUT2D eigenvalue weighted by Gasteiger charge is -2.13. The third-order valence-corrected chi connectivity index (χ3v) is 3.71. The van der Waals surface area contributed by atoms with E-state index in [1.54, 1.807) is 17.1 Å². The first-order valence-electron chi connectivity index (χ1n) is 7.94. The van der Waals surface area contributed by atoms with Crippen molar-refractivity contribution in [1.82, 2.24) is 14.9 Å². The second-order valence-electron chi connectivity index (χ2n) is 5.46. The van der Waals surface area contributed by atoms with Crippen LogP contribution in [0.25, 0.3) is 5.70 Å². The lowest BCUT2D eigenvalue weighted by molar-refractivity contribution is -0.123. The topological polar surface area (TPSA) is 56.1 Å². The van der Waals surface area contributed by atoms with Gasteiger partial charge >= 0.3 is 0 Å². The van der Waals surface area contributed by atoms with E-state index in [4.69, 9.17) is 4.74 Å². The Balaban J connectivity index is 1.60. The minimum absolute atomic E-state index is 0.0545. The predicted molar refractivity (Wildman–Crippen MR) is 96.9 cm³/mol. The summed E-state index contributed by atoms with van der Waals surface area (Å²) in [6.07, 6.45) is 5.17. The van der Waals surface area contributed by atoms with Crippen LogP contribution in [0.5, 0.6) is 5.75 Å². The molecule has 1 heterocycles. The van der Waals surface area contributed by atoms with E-state index in [0.717, 1.165) is 16.8 Å². The van der Waals surface area contributed by atoms with E-state index in [9.17, 15) is 4.79 Å². The van der Waals surface area contributed by atoms with Crippen LogP contribution in [-0.4, -0.2) is 22.1 Å². The van der Waals surface area contributed by atoms with Crippen LogP contribution in [0.1, 0.15) is 11.1 Å². The lowest BCUT2D eigenvalue weighted by atomic mass is 10.1. The fourth-order valence-corrected chi connectivity index (χ4v) is 2.38. The summed E-state index contributed by atoms with van der Waals surface area (Å²) in [4.78, 5) is 16.0. The molecule has 0 aliphatic rings. The molecule has 2 aromatic carbocycles. The van der Waals surface area contributed by atoms with Gasteiger partial charge in [0.25, 0.3) is 5.91 Å². The Hall–Kier alpha value is -3.34. The highest BCUT2D eigenvalue weighted by atomic mass is 16.5. The molecule has 0 spiro atoms. The molecule has 1 N–H and O–H groups in total. The maximum absolute atomic E-state index is 12.0. The van der Waals surface area contributed by atoms with Crippen LogP contribution in [0.2, 0.25) is 0 Å². The maximum Gasteiger partial charge on any atom is 0.258 e. The van der Waals surface area contributed by atoms with Crippen molar-refractivity contribution in [3.63, 3.8) is 0 Å². The summed E-state index contributed by atoms with van der Waals surface area (Å²) in [7, 11) is 0. The Morgan fingerprint density at radius 1 is 1.12 bits per heavy atom. The number of rotatable bonds is 7. The van der Waals surface area contributed by atoms with Crippen molar-refractivity contribution in [3.8, 4) is 5.75 Å². The first kappa shape index (κ1) is 16.5. The van der Waals surface area contributed by atoms with E-state index in [2.05, 4.69) is 16.9 Å². The van der Waals surface area contributed by atoms with E-state index >= 15 is 0 Å². The summed E-state index contributed by atoms with van der Waals surface area (Å²) < 4.78 is 7.50. The zero-order valence-corrected chi connectivity index (χ0v) is 13.8. The van der Waals surface area contributed by atoms with Gasteiger partial charge in [-0.25, -0.2) is 4.98 Å². The Bertz CT molecular complexity index is 842. The van der Waals surface area contributed by atoms with E-state index < -0.39 is 0 Å². The van der Waals surface area contributed by atoms with Gasteiger partial charge in [0.05, 0.1) is 12.0 Å². The van der Waals surface area contributed by atoms with Gasteiger partial charge in [0.2, 0.25) is 0 Å². The van der Waals surface area contributed by atoms with E-state index in [0.29, 0.717) is 12.3 Å². The molecule has 3 rings (SSSR count). The summed E-state index contributed by atoms with van der Waals surface area (Å²) in [5.74, 6) is 0.433. The summed E-state index contributed by atoms with van der Waals surface area (Å²) >= 11 is 0. The summed E-state index contributed by atoms with van der Waals surface area (Å²) in [5.41, 5.74) is 2.60. The third-order valence-electron chi connectivity index (χ3n) is 3.71. The van der Waals surface area contributed by atoms with Crippen LogP contribution in [-0.2, 0) is 11.3 Å². The minimum atomic E-state index is -0.174. The Labute approximate surface area is 146 Å². The smallest absolute Gasteiger partial charge is 0.258 e. The molecule has 5 nitrogen and oxygen atoms in total. The molecule has 0 saturated carbocycles. The number of amides is 1. The van der Waals surface area contributed by atoms with Crippen LogP contribution in [0.3, 0.4) is 0 Å². The number of hydrogen-bond donors (Lipinski definition) is 1. The number of carbonyl (C=O) groups is 1. The van der Waals surface area contributed by atoms with Gasteiger partial charge < -0.3 is 14.6 Å². The zero-order chi connectivity index (χ0) is 17.5. The molecule has 0 aliphatic carbocycles. The van der Waals surface area contributed by atoms with Crippen molar-refractivity contribution < 1.29 is 9.53 Å². The number of benzene rings is 2. The second kappa shape index (κ2) is 7.97. The highest BCUT2D eigenvalue weighted by Crippen LogP contribution is 2.25. The molecular formula is C20H19N3O2. The van der Waals surface area contributed by atoms with Crippen LogP contribution in [0, 0.1) is 0 Å². The van der Waals surface area contributed by atoms with Crippen LogP contribution < -0.4 is 10.1 Å². The number of imidazole rings is 1. The molecule has 0 radical (unpaired) electrons. The second-order valence-corrected chi connectivity index (χ2v) is 5.46. The molecule has 5 heteroatoms. The van der Waals surface area contributed by atoms with Gasteiger partial charge in [-0.1, -0.05) is 49.0 Å². The van der Waals surface area contributed by atoms with Gasteiger partial charge in [-0.2, -0.15) is 0 Å². The number of aromatic nitrogens is 2. The molecule has 3 aromatic rings. The van der Waals surface area contributed by atoms with Crippen molar-refractivity contribution in [3.05, 3.63) is 91.0 Å². The fraction of sp³-hybridized carbons (Fsp3) is 0.100. The van der Waals surface area contributed by atoms with Crippen molar-refractivity contribution in [2.45, 2.75) is 6.54 Å². The van der Waals surface area contributed by atoms with Crippen molar-refractivity contribution in [2.75, 3.05) is 6.61 Å². The molecule has 0 bridgehead atoms. The quantitative estimate of drug-likeness (QED) is 0.723. The molecular weight excluding hydrogens is 314 g/mol. The number of hydrogen-bond acceptors (Lipinski definition) is 3. The number of carbonyl (C=O) groups excluding carboxylic acids is 1. The molecule has 0 atom stereocenters. The largest absolute Gasteiger partial charge is 0.483 e. The van der Waals surface area contributed by atoms with Gasteiger partial charge in [-0.3, -0.25) is 4.79 Å². The number of para-hydroxylation sites is 1. The van der Waals surface area contributed by atoms with Gasteiger partial charge in [-0.15, -0.1) is 0 Å². The lowest BCUT2D eigenvalue weighted by Crippen LogP contribution is -2.28. The van der Waals surface area contributed by atoms with Gasteiger partial charge in [0.1, 0.15) is 5.75 Å². The third kappa shape index (κ3) is 4.35. The van der Waals surface area contributed by atoms with Crippen LogP contribution >= 0.6 is 0 Å². The molecule has 1 amide bonds. The monoisotopic (exact) mass is 333 g/mol. The average Bonchev–Trinajstić information content (AvgIpc) is 3.20. The number of nitrogens with one attached hydrogen (secondary N) is 1.